The first kappa shape index (κ1) is 12.2. The maximum atomic E-state index is 10.9. The normalized spacial score (nSPS) is 10.6. The molecule has 1 aromatic heterocycles. The van der Waals surface area contributed by atoms with Crippen LogP contribution in [0.2, 0.25) is 0 Å². The van der Waals surface area contributed by atoms with E-state index in [0.717, 1.165) is 18.5 Å². The minimum Gasteiger partial charge on any atom is -0.314 e. The first-order valence-electron chi connectivity index (χ1n) is 5.76. The highest BCUT2D eigenvalue weighted by Gasteiger charge is 2.14. The second-order valence-electron chi connectivity index (χ2n) is 4.11. The van der Waals surface area contributed by atoms with Gasteiger partial charge >= 0.3 is 0 Å². The largest absolute Gasteiger partial charge is 0.314 e. The first-order chi connectivity index (χ1) is 8.63. The van der Waals surface area contributed by atoms with Crippen LogP contribution in [0.1, 0.15) is 18.9 Å². The van der Waals surface area contributed by atoms with E-state index in [4.69, 9.17) is 0 Å². The summed E-state index contributed by atoms with van der Waals surface area (Å²) in [5.41, 5.74) is 1.47. The Kier molecular flexibility index (Phi) is 3.36. The van der Waals surface area contributed by atoms with Crippen molar-refractivity contribution in [3.63, 3.8) is 0 Å². The van der Waals surface area contributed by atoms with Crippen molar-refractivity contribution in [3.8, 4) is 11.4 Å². The fraction of sp³-hybridized carbons (Fsp3) is 0.333. The number of hydrogen-bond acceptors (Lipinski definition) is 4. The molecule has 6 nitrogen and oxygen atoms in total. The van der Waals surface area contributed by atoms with Gasteiger partial charge in [-0.3, -0.25) is 10.1 Å². The minimum atomic E-state index is -0.376. The molecule has 2 aromatic rings. The van der Waals surface area contributed by atoms with Crippen molar-refractivity contribution in [2.24, 2.45) is 0 Å². The van der Waals surface area contributed by atoms with Crippen LogP contribution in [-0.4, -0.2) is 19.7 Å². The lowest BCUT2D eigenvalue weighted by molar-refractivity contribution is -0.385. The Morgan fingerprint density at radius 2 is 2.22 bits per heavy atom. The molecule has 1 heterocycles. The van der Waals surface area contributed by atoms with E-state index in [9.17, 15) is 10.1 Å². The smallest absolute Gasteiger partial charge is 0.273 e. The average Bonchev–Trinajstić information content (AvgIpc) is 2.78. The number of nitro groups is 1. The summed E-state index contributed by atoms with van der Waals surface area (Å²) in [5, 5.41) is 18.8. The summed E-state index contributed by atoms with van der Waals surface area (Å²) in [5.74, 6) is 0.667. The molecule has 0 amide bonds. The van der Waals surface area contributed by atoms with Crippen molar-refractivity contribution < 1.29 is 4.92 Å². The van der Waals surface area contributed by atoms with Crippen molar-refractivity contribution in [2.45, 2.75) is 26.8 Å². The van der Waals surface area contributed by atoms with Crippen LogP contribution in [0, 0.1) is 17.0 Å². The lowest BCUT2D eigenvalue weighted by atomic mass is 10.1. The molecular weight excluding hydrogens is 232 g/mol. The molecule has 0 radical (unpaired) electrons. The van der Waals surface area contributed by atoms with Crippen LogP contribution in [0.15, 0.2) is 24.5 Å². The van der Waals surface area contributed by atoms with E-state index < -0.39 is 0 Å². The molecule has 6 heteroatoms. The van der Waals surface area contributed by atoms with Gasteiger partial charge in [-0.25, -0.2) is 0 Å². The van der Waals surface area contributed by atoms with Crippen molar-refractivity contribution in [2.75, 3.05) is 0 Å². The predicted octanol–water partition coefficient (Wildman–Crippen LogP) is 2.57. The Hall–Kier alpha value is -2.24. The van der Waals surface area contributed by atoms with Crippen LogP contribution in [0.25, 0.3) is 11.4 Å². The summed E-state index contributed by atoms with van der Waals surface area (Å²) in [4.78, 5) is 10.5. The van der Waals surface area contributed by atoms with Crippen molar-refractivity contribution in [1.29, 1.82) is 0 Å². The summed E-state index contributed by atoms with van der Waals surface area (Å²) in [7, 11) is 0. The number of aromatic nitrogens is 3. The first-order valence-corrected chi connectivity index (χ1v) is 5.76. The van der Waals surface area contributed by atoms with Gasteiger partial charge in [0.05, 0.1) is 4.92 Å². The molecule has 0 fully saturated rings. The highest BCUT2D eigenvalue weighted by atomic mass is 16.6. The Bertz CT molecular complexity index is 577. The van der Waals surface area contributed by atoms with Crippen molar-refractivity contribution >= 4 is 5.69 Å². The molecular formula is C12H14N4O2. The number of nitrogens with zero attached hydrogens (tertiary/aromatic N) is 4. The molecule has 0 N–H and O–H groups in total. The zero-order valence-electron chi connectivity index (χ0n) is 10.3. The number of hydrogen-bond donors (Lipinski definition) is 0. The van der Waals surface area contributed by atoms with Crippen LogP contribution in [-0.2, 0) is 6.54 Å². The van der Waals surface area contributed by atoms with E-state index in [-0.39, 0.29) is 10.6 Å². The third-order valence-corrected chi connectivity index (χ3v) is 2.74. The lowest BCUT2D eigenvalue weighted by Crippen LogP contribution is -1.99. The van der Waals surface area contributed by atoms with Gasteiger partial charge in [-0.05, 0) is 13.3 Å². The van der Waals surface area contributed by atoms with Crippen LogP contribution in [0.4, 0.5) is 5.69 Å². The molecule has 0 unspecified atom stereocenters. The summed E-state index contributed by atoms with van der Waals surface area (Å²) in [6, 6.07) is 5.11. The van der Waals surface area contributed by atoms with Crippen molar-refractivity contribution in [1.82, 2.24) is 14.8 Å². The third-order valence-electron chi connectivity index (χ3n) is 2.74. The maximum absolute atomic E-state index is 10.9. The molecule has 0 bridgehead atoms. The third kappa shape index (κ3) is 2.22. The van der Waals surface area contributed by atoms with E-state index in [1.807, 2.05) is 10.6 Å². The Morgan fingerprint density at radius 3 is 2.89 bits per heavy atom. The molecule has 0 aliphatic rings. The van der Waals surface area contributed by atoms with Crippen LogP contribution in [0.5, 0.6) is 0 Å². The Morgan fingerprint density at radius 1 is 1.44 bits per heavy atom. The number of benzene rings is 1. The summed E-state index contributed by atoms with van der Waals surface area (Å²) < 4.78 is 1.90. The maximum Gasteiger partial charge on any atom is 0.273 e. The molecule has 0 atom stereocenters. The molecule has 0 spiro atoms. The Balaban J connectivity index is 2.47. The molecule has 94 valence electrons. The summed E-state index contributed by atoms with van der Waals surface area (Å²) >= 11 is 0. The van der Waals surface area contributed by atoms with Gasteiger partial charge in [0, 0.05) is 23.7 Å². The molecule has 0 saturated carbocycles. The van der Waals surface area contributed by atoms with Crippen LogP contribution >= 0.6 is 0 Å². The van der Waals surface area contributed by atoms with E-state index in [2.05, 4.69) is 17.1 Å². The summed E-state index contributed by atoms with van der Waals surface area (Å²) in [6.07, 6.45) is 2.60. The zero-order valence-corrected chi connectivity index (χ0v) is 10.3. The predicted molar refractivity (Wildman–Crippen MR) is 67.1 cm³/mol. The Labute approximate surface area is 104 Å². The standard InChI is InChI=1S/C12H14N4O2/c1-3-6-15-8-13-14-12(15)10-5-4-9(2)11(7-10)16(17)18/h4-5,7-8H,3,6H2,1-2H3. The molecule has 2 rings (SSSR count). The lowest BCUT2D eigenvalue weighted by Gasteiger charge is -2.05. The second-order valence-corrected chi connectivity index (χ2v) is 4.11. The fourth-order valence-corrected chi connectivity index (χ4v) is 1.83. The minimum absolute atomic E-state index is 0.110. The molecule has 18 heavy (non-hydrogen) atoms. The van der Waals surface area contributed by atoms with Gasteiger partial charge < -0.3 is 4.57 Å². The van der Waals surface area contributed by atoms with Crippen molar-refractivity contribution in [3.05, 3.63) is 40.2 Å². The number of nitro benzene ring substituents is 1. The van der Waals surface area contributed by atoms with E-state index >= 15 is 0 Å². The average molecular weight is 246 g/mol. The quantitative estimate of drug-likeness (QED) is 0.613. The van der Waals surface area contributed by atoms with E-state index in [0.29, 0.717) is 11.4 Å². The topological polar surface area (TPSA) is 73.8 Å². The fourth-order valence-electron chi connectivity index (χ4n) is 1.83. The van der Waals surface area contributed by atoms with Crippen LogP contribution in [0.3, 0.4) is 0 Å². The summed E-state index contributed by atoms with van der Waals surface area (Å²) in [6.45, 7) is 4.57. The van der Waals surface area contributed by atoms with Gasteiger partial charge in [0.15, 0.2) is 5.82 Å². The van der Waals surface area contributed by atoms with E-state index in [1.54, 1.807) is 25.4 Å². The monoisotopic (exact) mass is 246 g/mol. The number of aryl methyl sites for hydroxylation is 2. The highest BCUT2D eigenvalue weighted by Crippen LogP contribution is 2.25. The van der Waals surface area contributed by atoms with Gasteiger partial charge in [0.2, 0.25) is 0 Å². The SMILES string of the molecule is CCCn1cnnc1-c1ccc(C)c([N+](=O)[O-])c1. The van der Waals surface area contributed by atoms with Gasteiger partial charge in [-0.15, -0.1) is 10.2 Å². The molecule has 1 aromatic carbocycles. The highest BCUT2D eigenvalue weighted by molar-refractivity contribution is 5.61. The number of rotatable bonds is 4. The van der Waals surface area contributed by atoms with Gasteiger partial charge in [0.25, 0.3) is 5.69 Å². The van der Waals surface area contributed by atoms with Gasteiger partial charge in [-0.1, -0.05) is 19.1 Å². The zero-order chi connectivity index (χ0) is 13.1. The van der Waals surface area contributed by atoms with Gasteiger partial charge in [-0.2, -0.15) is 0 Å². The molecule has 0 aliphatic carbocycles. The molecule has 0 aliphatic heterocycles. The van der Waals surface area contributed by atoms with E-state index in [1.165, 1.54) is 0 Å². The second kappa shape index (κ2) is 4.95. The molecule has 0 saturated heterocycles. The van der Waals surface area contributed by atoms with Gasteiger partial charge in [0.1, 0.15) is 6.33 Å². The van der Waals surface area contributed by atoms with Crippen LogP contribution < -0.4 is 0 Å².